The van der Waals surface area contributed by atoms with Crippen LogP contribution in [0.25, 0.3) is 6.08 Å². The van der Waals surface area contributed by atoms with Crippen LogP contribution in [-0.4, -0.2) is 23.0 Å². The summed E-state index contributed by atoms with van der Waals surface area (Å²) in [6, 6.07) is 14.9. The summed E-state index contributed by atoms with van der Waals surface area (Å²) in [5.74, 6) is -1.32. The van der Waals surface area contributed by atoms with Crippen LogP contribution in [0.15, 0.2) is 73.1 Å². The van der Waals surface area contributed by atoms with Crippen LogP contribution in [0.3, 0.4) is 0 Å². The van der Waals surface area contributed by atoms with Gasteiger partial charge >= 0.3 is 5.97 Å². The van der Waals surface area contributed by atoms with Gasteiger partial charge in [0.25, 0.3) is 5.91 Å². The Morgan fingerprint density at radius 3 is 2.68 bits per heavy atom. The van der Waals surface area contributed by atoms with E-state index >= 15 is 0 Å². The van der Waals surface area contributed by atoms with E-state index in [0.717, 1.165) is 11.6 Å². The third-order valence-electron chi connectivity index (χ3n) is 4.18. The Hall–Kier alpha value is -4.00. The lowest BCUT2D eigenvalue weighted by molar-refractivity contribution is -0.148. The van der Waals surface area contributed by atoms with Gasteiger partial charge in [-0.25, -0.2) is 9.18 Å². The summed E-state index contributed by atoms with van der Waals surface area (Å²) in [5.41, 5.74) is 2.05. The first-order valence-corrected chi connectivity index (χ1v) is 9.54. The molecule has 1 N–H and O–H groups in total. The number of aromatic nitrogens is 1. The number of nitrogens with one attached hydrogen (secondary N) is 1. The van der Waals surface area contributed by atoms with Gasteiger partial charge in [0.2, 0.25) is 0 Å². The largest absolute Gasteiger partial charge is 0.453 e. The smallest absolute Gasteiger partial charge is 0.331 e. The fourth-order valence-electron chi connectivity index (χ4n) is 2.64. The topological polar surface area (TPSA) is 77.5 Å². The van der Waals surface area contributed by atoms with Crippen LogP contribution in [0.1, 0.15) is 18.1 Å². The predicted octanol–water partition coefficient (Wildman–Crippen LogP) is 4.91. The minimum atomic E-state index is -0.996. The summed E-state index contributed by atoms with van der Waals surface area (Å²) in [7, 11) is 0. The van der Waals surface area contributed by atoms with Crippen LogP contribution in [0.5, 0.6) is 11.5 Å². The summed E-state index contributed by atoms with van der Waals surface area (Å²) in [6.07, 6.45) is 4.59. The Morgan fingerprint density at radius 1 is 1.13 bits per heavy atom. The average molecular weight is 420 g/mol. The van der Waals surface area contributed by atoms with E-state index in [-0.39, 0.29) is 5.75 Å². The number of ether oxygens (including phenoxy) is 2. The number of amides is 1. The fraction of sp³-hybridized carbons (Fsp3) is 0.125. The predicted molar refractivity (Wildman–Crippen MR) is 115 cm³/mol. The van der Waals surface area contributed by atoms with Gasteiger partial charge in [0, 0.05) is 18.0 Å². The summed E-state index contributed by atoms with van der Waals surface area (Å²) in [6.45, 7) is 3.38. The Kier molecular flexibility index (Phi) is 7.11. The Morgan fingerprint density at radius 2 is 1.97 bits per heavy atom. The molecule has 0 aliphatic rings. The molecule has 1 aromatic heterocycles. The van der Waals surface area contributed by atoms with E-state index < -0.39 is 23.8 Å². The van der Waals surface area contributed by atoms with Gasteiger partial charge in [0.1, 0.15) is 5.75 Å². The molecule has 0 saturated heterocycles. The molecule has 1 unspecified atom stereocenters. The van der Waals surface area contributed by atoms with Crippen molar-refractivity contribution in [3.05, 3.63) is 90.0 Å². The van der Waals surface area contributed by atoms with Gasteiger partial charge in [-0.05, 0) is 67.4 Å². The summed E-state index contributed by atoms with van der Waals surface area (Å²) in [5, 5.41) is 2.69. The zero-order chi connectivity index (χ0) is 22.2. The van der Waals surface area contributed by atoms with Crippen LogP contribution in [0, 0.1) is 12.7 Å². The maximum absolute atomic E-state index is 14.3. The van der Waals surface area contributed by atoms with E-state index in [1.807, 2.05) is 25.1 Å². The number of hydrogen-bond acceptors (Lipinski definition) is 5. The van der Waals surface area contributed by atoms with E-state index in [2.05, 4.69) is 10.3 Å². The number of pyridine rings is 1. The molecule has 31 heavy (non-hydrogen) atoms. The second-order valence-corrected chi connectivity index (χ2v) is 6.75. The van der Waals surface area contributed by atoms with Gasteiger partial charge in [-0.2, -0.15) is 0 Å². The normalized spacial score (nSPS) is 11.7. The van der Waals surface area contributed by atoms with E-state index in [0.29, 0.717) is 17.0 Å². The first-order chi connectivity index (χ1) is 14.9. The summed E-state index contributed by atoms with van der Waals surface area (Å²) < 4.78 is 24.8. The number of anilines is 1. The number of nitrogens with zero attached hydrogens (tertiary/aromatic N) is 1. The lowest BCUT2D eigenvalue weighted by Gasteiger charge is -2.12. The Labute approximate surface area is 179 Å². The third-order valence-corrected chi connectivity index (χ3v) is 4.18. The number of halogens is 1. The second-order valence-electron chi connectivity index (χ2n) is 6.75. The van der Waals surface area contributed by atoms with Crippen molar-refractivity contribution in [1.29, 1.82) is 0 Å². The van der Waals surface area contributed by atoms with Gasteiger partial charge in [-0.1, -0.05) is 18.2 Å². The number of benzene rings is 2. The van der Waals surface area contributed by atoms with Crippen LogP contribution in [0.2, 0.25) is 0 Å². The van der Waals surface area contributed by atoms with Crippen molar-refractivity contribution in [3.8, 4) is 11.5 Å². The van der Waals surface area contributed by atoms with E-state index in [1.54, 1.807) is 30.5 Å². The molecule has 3 aromatic rings. The molecular weight excluding hydrogens is 399 g/mol. The number of carbonyl (C=O) groups is 2. The molecule has 1 amide bonds. The number of hydrogen-bond donors (Lipinski definition) is 1. The van der Waals surface area contributed by atoms with E-state index in [4.69, 9.17) is 9.47 Å². The lowest BCUT2D eigenvalue weighted by Crippen LogP contribution is -2.29. The zero-order valence-electron chi connectivity index (χ0n) is 17.0. The van der Waals surface area contributed by atoms with Gasteiger partial charge in [-0.15, -0.1) is 0 Å². The molecule has 158 valence electrons. The second kappa shape index (κ2) is 10.2. The van der Waals surface area contributed by atoms with Crippen LogP contribution in [0.4, 0.5) is 10.1 Å². The van der Waals surface area contributed by atoms with Gasteiger partial charge in [0.05, 0.1) is 6.20 Å². The first kappa shape index (κ1) is 21.7. The highest BCUT2D eigenvalue weighted by atomic mass is 19.1. The molecule has 0 aliphatic carbocycles. The standard InChI is InChI=1S/C24H21FN2O4/c1-16-5-3-6-19(13-16)27-24(29)17(2)30-23(28)11-9-18-8-10-22(21(25)14-18)31-20-7-4-12-26-15-20/h3-15,17H,1-2H3,(H,27,29)/b11-9+. The maximum Gasteiger partial charge on any atom is 0.331 e. The van der Waals surface area contributed by atoms with Crippen molar-refractivity contribution in [2.45, 2.75) is 20.0 Å². The minimum Gasteiger partial charge on any atom is -0.453 e. The molecule has 2 aromatic carbocycles. The molecule has 0 fully saturated rings. The monoisotopic (exact) mass is 420 g/mol. The average Bonchev–Trinajstić information content (AvgIpc) is 2.74. The molecule has 0 saturated carbocycles. The van der Waals surface area contributed by atoms with E-state index in [9.17, 15) is 14.0 Å². The maximum atomic E-state index is 14.3. The van der Waals surface area contributed by atoms with Crippen molar-refractivity contribution < 1.29 is 23.5 Å². The number of esters is 1. The fourth-order valence-corrected chi connectivity index (χ4v) is 2.64. The minimum absolute atomic E-state index is 0.0363. The van der Waals surface area contributed by atoms with Gasteiger partial charge in [0.15, 0.2) is 17.7 Å². The SMILES string of the molecule is Cc1cccc(NC(=O)C(C)OC(=O)/C=C/c2ccc(Oc3cccnc3)c(F)c2)c1. The highest BCUT2D eigenvalue weighted by molar-refractivity contribution is 5.96. The molecular formula is C24H21FN2O4. The summed E-state index contributed by atoms with van der Waals surface area (Å²) in [4.78, 5) is 28.1. The van der Waals surface area contributed by atoms with Crippen LogP contribution < -0.4 is 10.1 Å². The molecule has 1 atom stereocenters. The number of aryl methyl sites for hydroxylation is 1. The third kappa shape index (κ3) is 6.50. The number of carbonyl (C=O) groups excluding carboxylic acids is 2. The molecule has 0 bridgehead atoms. The molecule has 0 radical (unpaired) electrons. The Bertz CT molecular complexity index is 1100. The van der Waals surface area contributed by atoms with Crippen molar-refractivity contribution in [3.63, 3.8) is 0 Å². The Balaban J connectivity index is 1.55. The van der Waals surface area contributed by atoms with Crippen molar-refractivity contribution in [2.24, 2.45) is 0 Å². The molecule has 3 rings (SSSR count). The molecule has 0 aliphatic heterocycles. The van der Waals surface area contributed by atoms with Crippen molar-refractivity contribution in [2.75, 3.05) is 5.32 Å². The molecule has 0 spiro atoms. The zero-order valence-corrected chi connectivity index (χ0v) is 17.0. The van der Waals surface area contributed by atoms with Gasteiger partial charge in [-0.3, -0.25) is 9.78 Å². The molecule has 1 heterocycles. The first-order valence-electron chi connectivity index (χ1n) is 9.54. The highest BCUT2D eigenvalue weighted by Crippen LogP contribution is 2.24. The summed E-state index contributed by atoms with van der Waals surface area (Å²) >= 11 is 0. The molecule has 7 heteroatoms. The van der Waals surface area contributed by atoms with E-state index in [1.165, 1.54) is 31.3 Å². The van der Waals surface area contributed by atoms with Crippen molar-refractivity contribution in [1.82, 2.24) is 4.98 Å². The lowest BCUT2D eigenvalue weighted by atomic mass is 10.2. The number of rotatable bonds is 7. The molecule has 6 nitrogen and oxygen atoms in total. The van der Waals surface area contributed by atoms with Gasteiger partial charge < -0.3 is 14.8 Å². The highest BCUT2D eigenvalue weighted by Gasteiger charge is 2.16. The van der Waals surface area contributed by atoms with Crippen LogP contribution in [-0.2, 0) is 14.3 Å². The van der Waals surface area contributed by atoms with Crippen molar-refractivity contribution >= 4 is 23.6 Å². The quantitative estimate of drug-likeness (QED) is 0.434. The van der Waals surface area contributed by atoms with Crippen LogP contribution >= 0.6 is 0 Å².